The Morgan fingerprint density at radius 3 is 3.00 bits per heavy atom. The first kappa shape index (κ1) is 14.1. The molecular weight excluding hydrogens is 276 g/mol. The van der Waals surface area contributed by atoms with Crippen molar-refractivity contribution in [3.8, 4) is 0 Å². The summed E-state index contributed by atoms with van der Waals surface area (Å²) in [6.07, 6.45) is 5.63. The smallest absolute Gasteiger partial charge is 0.0108 e. The number of thioether (sulfide) groups is 1. The Kier molecular flexibility index (Phi) is 4.24. The average Bonchev–Trinajstić information content (AvgIpc) is 3.27. The van der Waals surface area contributed by atoms with Gasteiger partial charge in [-0.2, -0.15) is 0 Å². The Hall–Kier alpha value is -0.510. The van der Waals surface area contributed by atoms with E-state index in [9.17, 15) is 0 Å². The third kappa shape index (κ3) is 3.46. The maximum Gasteiger partial charge on any atom is 0.0108 e. The van der Waals surface area contributed by atoms with Gasteiger partial charge in [0.15, 0.2) is 0 Å². The molecule has 3 heteroatoms. The summed E-state index contributed by atoms with van der Waals surface area (Å²) in [6, 6.07) is 9.87. The van der Waals surface area contributed by atoms with Crippen LogP contribution >= 0.6 is 11.8 Å². The van der Waals surface area contributed by atoms with Gasteiger partial charge in [-0.05, 0) is 56.3 Å². The predicted octanol–water partition coefficient (Wildman–Crippen LogP) is 3.34. The van der Waals surface area contributed by atoms with Crippen molar-refractivity contribution >= 4 is 11.8 Å². The summed E-state index contributed by atoms with van der Waals surface area (Å²) in [5.74, 6) is 2.91. The molecule has 0 radical (unpaired) electrons. The summed E-state index contributed by atoms with van der Waals surface area (Å²) in [4.78, 5) is 4.25. The molecule has 1 saturated carbocycles. The third-order valence-electron chi connectivity index (χ3n) is 5.15. The van der Waals surface area contributed by atoms with Crippen molar-refractivity contribution in [3.63, 3.8) is 0 Å². The average molecular weight is 302 g/mol. The highest BCUT2D eigenvalue weighted by Gasteiger charge is 2.28. The zero-order valence-corrected chi connectivity index (χ0v) is 13.6. The van der Waals surface area contributed by atoms with E-state index in [-0.39, 0.29) is 0 Å². The number of likely N-dealkylation sites (tertiary alicyclic amines) is 1. The van der Waals surface area contributed by atoms with Gasteiger partial charge in [0, 0.05) is 35.7 Å². The molecule has 2 nitrogen and oxygen atoms in total. The van der Waals surface area contributed by atoms with Crippen LogP contribution in [0.2, 0.25) is 0 Å². The van der Waals surface area contributed by atoms with E-state index in [1.807, 2.05) is 11.8 Å². The molecule has 1 N–H and O–H groups in total. The summed E-state index contributed by atoms with van der Waals surface area (Å²) in [7, 11) is 0. The fraction of sp³-hybridized carbons (Fsp3) is 0.667. The van der Waals surface area contributed by atoms with E-state index in [1.54, 1.807) is 5.56 Å². The lowest BCUT2D eigenvalue weighted by molar-refractivity contribution is 0.166. The van der Waals surface area contributed by atoms with Gasteiger partial charge in [-0.15, -0.1) is 11.8 Å². The lowest BCUT2D eigenvalue weighted by atomic mass is 9.95. The third-order valence-corrected chi connectivity index (χ3v) is 6.40. The Morgan fingerprint density at radius 1 is 1.19 bits per heavy atom. The van der Waals surface area contributed by atoms with E-state index < -0.39 is 0 Å². The molecule has 2 unspecified atom stereocenters. The molecule has 2 heterocycles. The largest absolute Gasteiger partial charge is 0.314 e. The monoisotopic (exact) mass is 302 g/mol. The Bertz CT molecular complexity index is 486. The first-order valence-corrected chi connectivity index (χ1v) is 9.54. The molecular formula is C18H26N2S. The molecule has 1 saturated heterocycles. The van der Waals surface area contributed by atoms with Crippen LogP contribution in [-0.4, -0.2) is 42.9 Å². The van der Waals surface area contributed by atoms with E-state index in [2.05, 4.69) is 34.5 Å². The van der Waals surface area contributed by atoms with Gasteiger partial charge in [-0.1, -0.05) is 18.2 Å². The molecule has 0 amide bonds. The number of piperidine rings is 1. The molecule has 1 aromatic rings. The molecule has 1 aliphatic carbocycles. The number of nitrogens with zero attached hydrogens (tertiary/aromatic N) is 1. The van der Waals surface area contributed by atoms with E-state index >= 15 is 0 Å². The SMILES string of the molecule is c1ccc2c(c1)SCC2CN1CCCC(CNC2CC2)C1. The molecule has 3 aliphatic rings. The van der Waals surface area contributed by atoms with Gasteiger partial charge in [0.25, 0.3) is 0 Å². The Morgan fingerprint density at radius 2 is 2.10 bits per heavy atom. The van der Waals surface area contributed by atoms with Crippen molar-refractivity contribution < 1.29 is 0 Å². The lowest BCUT2D eigenvalue weighted by Crippen LogP contribution is -2.41. The standard InChI is InChI=1S/C18H26N2S/c1-2-6-18-17(5-1)15(13-21-18)12-20-9-3-4-14(11-20)10-19-16-7-8-16/h1-2,5-6,14-16,19H,3-4,7-13H2. The molecule has 114 valence electrons. The van der Waals surface area contributed by atoms with Crippen molar-refractivity contribution in [1.82, 2.24) is 10.2 Å². The number of hydrogen-bond acceptors (Lipinski definition) is 3. The quantitative estimate of drug-likeness (QED) is 0.898. The zero-order valence-electron chi connectivity index (χ0n) is 12.8. The van der Waals surface area contributed by atoms with E-state index in [4.69, 9.17) is 0 Å². The molecule has 2 atom stereocenters. The summed E-state index contributed by atoms with van der Waals surface area (Å²) < 4.78 is 0. The first-order chi connectivity index (χ1) is 10.4. The molecule has 4 rings (SSSR count). The van der Waals surface area contributed by atoms with Crippen LogP contribution in [0.1, 0.15) is 37.2 Å². The van der Waals surface area contributed by atoms with Gasteiger partial charge in [0.2, 0.25) is 0 Å². The number of nitrogens with one attached hydrogen (secondary N) is 1. The van der Waals surface area contributed by atoms with Crippen LogP contribution in [0.25, 0.3) is 0 Å². The zero-order chi connectivity index (χ0) is 14.1. The molecule has 2 aliphatic heterocycles. The minimum atomic E-state index is 0.751. The maximum absolute atomic E-state index is 3.73. The fourth-order valence-corrected chi connectivity index (χ4v) is 5.04. The Labute approximate surface area is 132 Å². The van der Waals surface area contributed by atoms with Gasteiger partial charge in [-0.25, -0.2) is 0 Å². The highest BCUT2D eigenvalue weighted by atomic mass is 32.2. The molecule has 0 spiro atoms. The van der Waals surface area contributed by atoms with E-state index in [0.717, 1.165) is 17.9 Å². The minimum Gasteiger partial charge on any atom is -0.314 e. The number of hydrogen-bond donors (Lipinski definition) is 1. The van der Waals surface area contributed by atoms with Gasteiger partial charge in [-0.3, -0.25) is 0 Å². The summed E-state index contributed by atoms with van der Waals surface area (Å²) in [5.41, 5.74) is 1.60. The Balaban J connectivity index is 1.32. The summed E-state index contributed by atoms with van der Waals surface area (Å²) in [6.45, 7) is 5.13. The van der Waals surface area contributed by atoms with Crippen LogP contribution in [0.4, 0.5) is 0 Å². The van der Waals surface area contributed by atoms with E-state index in [0.29, 0.717) is 0 Å². The van der Waals surface area contributed by atoms with Crippen molar-refractivity contribution in [2.24, 2.45) is 5.92 Å². The second-order valence-corrected chi connectivity index (χ2v) is 8.06. The fourth-order valence-electron chi connectivity index (χ4n) is 3.80. The molecule has 0 aromatic heterocycles. The maximum atomic E-state index is 3.73. The van der Waals surface area contributed by atoms with Crippen LogP contribution < -0.4 is 5.32 Å². The van der Waals surface area contributed by atoms with E-state index in [1.165, 1.54) is 62.5 Å². The second kappa shape index (κ2) is 6.31. The van der Waals surface area contributed by atoms with Gasteiger partial charge < -0.3 is 10.2 Å². The van der Waals surface area contributed by atoms with Crippen molar-refractivity contribution in [2.75, 3.05) is 31.9 Å². The lowest BCUT2D eigenvalue weighted by Gasteiger charge is -2.34. The topological polar surface area (TPSA) is 15.3 Å². The number of rotatable bonds is 5. The highest BCUT2D eigenvalue weighted by Crippen LogP contribution is 2.40. The predicted molar refractivity (Wildman–Crippen MR) is 90.1 cm³/mol. The van der Waals surface area contributed by atoms with Gasteiger partial charge in [0.1, 0.15) is 0 Å². The summed E-state index contributed by atoms with van der Waals surface area (Å²) in [5, 5.41) is 3.73. The van der Waals surface area contributed by atoms with Crippen LogP contribution in [0, 0.1) is 5.92 Å². The van der Waals surface area contributed by atoms with Crippen LogP contribution in [0.15, 0.2) is 29.2 Å². The first-order valence-electron chi connectivity index (χ1n) is 8.56. The number of fused-ring (bicyclic) bond motifs is 1. The van der Waals surface area contributed by atoms with Crippen molar-refractivity contribution in [3.05, 3.63) is 29.8 Å². The van der Waals surface area contributed by atoms with Crippen LogP contribution in [0.3, 0.4) is 0 Å². The van der Waals surface area contributed by atoms with Gasteiger partial charge >= 0.3 is 0 Å². The second-order valence-electron chi connectivity index (χ2n) is 7.00. The van der Waals surface area contributed by atoms with Crippen LogP contribution in [-0.2, 0) is 0 Å². The van der Waals surface area contributed by atoms with Crippen LogP contribution in [0.5, 0.6) is 0 Å². The summed E-state index contributed by atoms with van der Waals surface area (Å²) >= 11 is 2.05. The highest BCUT2D eigenvalue weighted by molar-refractivity contribution is 7.99. The molecule has 21 heavy (non-hydrogen) atoms. The van der Waals surface area contributed by atoms with Gasteiger partial charge in [0.05, 0.1) is 0 Å². The normalized spacial score (nSPS) is 29.5. The molecule has 0 bridgehead atoms. The minimum absolute atomic E-state index is 0.751. The van der Waals surface area contributed by atoms with Crippen molar-refractivity contribution in [2.45, 2.75) is 42.5 Å². The molecule has 1 aromatic carbocycles. The van der Waals surface area contributed by atoms with Crippen molar-refractivity contribution in [1.29, 1.82) is 0 Å². The number of benzene rings is 1. The molecule has 2 fully saturated rings.